The summed E-state index contributed by atoms with van der Waals surface area (Å²) in [6, 6.07) is 3.94. The number of ether oxygens (including phenoxy) is 1. The van der Waals surface area contributed by atoms with Gasteiger partial charge in [-0.3, -0.25) is 4.98 Å². The second-order valence-electron chi connectivity index (χ2n) is 2.89. The van der Waals surface area contributed by atoms with E-state index in [0.717, 1.165) is 16.6 Å². The van der Waals surface area contributed by atoms with Crippen molar-refractivity contribution in [3.63, 3.8) is 0 Å². The molecule has 0 aliphatic rings. The molecule has 1 rings (SSSR count). The van der Waals surface area contributed by atoms with E-state index in [2.05, 4.69) is 20.9 Å². The third-order valence-corrected chi connectivity index (χ3v) is 2.11. The Morgan fingerprint density at radius 2 is 2.38 bits per heavy atom. The van der Waals surface area contributed by atoms with Crippen molar-refractivity contribution in [2.24, 2.45) is 5.73 Å². The van der Waals surface area contributed by atoms with Crippen molar-refractivity contribution in [1.82, 2.24) is 4.98 Å². The second kappa shape index (κ2) is 5.32. The molecule has 1 unspecified atom stereocenters. The molecule has 0 fully saturated rings. The van der Waals surface area contributed by atoms with Crippen molar-refractivity contribution in [1.29, 1.82) is 0 Å². The van der Waals surface area contributed by atoms with E-state index >= 15 is 0 Å². The van der Waals surface area contributed by atoms with Gasteiger partial charge in [-0.15, -0.1) is 0 Å². The Morgan fingerprint density at radius 3 is 2.92 bits per heavy atom. The minimum Gasteiger partial charge on any atom is -0.383 e. The normalized spacial score (nSPS) is 12.8. The SMILES string of the molecule is COCC(N)Cc1ccc(Br)cn1. The number of pyridine rings is 1. The first-order chi connectivity index (χ1) is 6.22. The Hall–Kier alpha value is -0.450. The summed E-state index contributed by atoms with van der Waals surface area (Å²) in [6.07, 6.45) is 2.52. The van der Waals surface area contributed by atoms with E-state index in [-0.39, 0.29) is 6.04 Å². The van der Waals surface area contributed by atoms with Crippen LogP contribution in [0.2, 0.25) is 0 Å². The molecule has 0 spiro atoms. The molecule has 4 heteroatoms. The third-order valence-electron chi connectivity index (χ3n) is 1.64. The summed E-state index contributed by atoms with van der Waals surface area (Å²) < 4.78 is 5.92. The van der Waals surface area contributed by atoms with Crippen LogP contribution in [0.25, 0.3) is 0 Å². The highest BCUT2D eigenvalue weighted by Crippen LogP contribution is 2.08. The lowest BCUT2D eigenvalue weighted by molar-refractivity contribution is 0.179. The number of aromatic nitrogens is 1. The van der Waals surface area contributed by atoms with Gasteiger partial charge in [-0.05, 0) is 28.1 Å². The average Bonchev–Trinajstić information content (AvgIpc) is 2.09. The van der Waals surface area contributed by atoms with Gasteiger partial charge < -0.3 is 10.5 Å². The standard InChI is InChI=1S/C9H13BrN2O/c1-13-6-8(11)4-9-3-2-7(10)5-12-9/h2-3,5,8H,4,6,11H2,1H3. The van der Waals surface area contributed by atoms with Crippen LogP contribution in [0, 0.1) is 0 Å². The molecule has 1 aromatic rings. The summed E-state index contributed by atoms with van der Waals surface area (Å²) in [7, 11) is 1.65. The van der Waals surface area contributed by atoms with Crippen LogP contribution < -0.4 is 5.73 Å². The molecule has 3 nitrogen and oxygen atoms in total. The van der Waals surface area contributed by atoms with Gasteiger partial charge in [-0.2, -0.15) is 0 Å². The lowest BCUT2D eigenvalue weighted by atomic mass is 10.1. The van der Waals surface area contributed by atoms with Crippen LogP contribution in [0.15, 0.2) is 22.8 Å². The topological polar surface area (TPSA) is 48.1 Å². The molecule has 1 heterocycles. The Bertz CT molecular complexity index is 250. The fraction of sp³-hybridized carbons (Fsp3) is 0.444. The summed E-state index contributed by atoms with van der Waals surface area (Å²) in [4.78, 5) is 4.22. The van der Waals surface area contributed by atoms with Gasteiger partial charge in [0.05, 0.1) is 6.61 Å². The third kappa shape index (κ3) is 3.85. The monoisotopic (exact) mass is 244 g/mol. The minimum atomic E-state index is 0.0266. The van der Waals surface area contributed by atoms with Crippen molar-refractivity contribution in [3.8, 4) is 0 Å². The van der Waals surface area contributed by atoms with Gasteiger partial charge in [0.1, 0.15) is 0 Å². The van der Waals surface area contributed by atoms with E-state index < -0.39 is 0 Å². The molecule has 0 aliphatic carbocycles. The molecule has 13 heavy (non-hydrogen) atoms. The Morgan fingerprint density at radius 1 is 1.62 bits per heavy atom. The fourth-order valence-electron chi connectivity index (χ4n) is 1.07. The molecule has 0 saturated heterocycles. The predicted molar refractivity (Wildman–Crippen MR) is 55.5 cm³/mol. The molecule has 72 valence electrons. The number of nitrogens with zero attached hydrogens (tertiary/aromatic N) is 1. The molecule has 0 bridgehead atoms. The van der Waals surface area contributed by atoms with E-state index in [0.29, 0.717) is 6.61 Å². The zero-order chi connectivity index (χ0) is 9.68. The molecule has 1 aromatic heterocycles. The van der Waals surface area contributed by atoms with E-state index in [9.17, 15) is 0 Å². The van der Waals surface area contributed by atoms with Crippen LogP contribution in [0.1, 0.15) is 5.69 Å². The number of nitrogens with two attached hydrogens (primary N) is 1. The summed E-state index contributed by atoms with van der Waals surface area (Å²) in [5.41, 5.74) is 6.77. The van der Waals surface area contributed by atoms with Crippen molar-refractivity contribution < 1.29 is 4.74 Å². The number of halogens is 1. The van der Waals surface area contributed by atoms with E-state index in [1.807, 2.05) is 12.1 Å². The summed E-state index contributed by atoms with van der Waals surface area (Å²) in [6.45, 7) is 0.567. The quantitative estimate of drug-likeness (QED) is 0.871. The smallest absolute Gasteiger partial charge is 0.0617 e. The van der Waals surface area contributed by atoms with Gasteiger partial charge in [-0.25, -0.2) is 0 Å². The average molecular weight is 245 g/mol. The fourth-order valence-corrected chi connectivity index (χ4v) is 1.30. The summed E-state index contributed by atoms with van der Waals surface area (Å²) >= 11 is 3.32. The maximum Gasteiger partial charge on any atom is 0.0617 e. The Kier molecular flexibility index (Phi) is 4.35. The van der Waals surface area contributed by atoms with Crippen molar-refractivity contribution in [3.05, 3.63) is 28.5 Å². The van der Waals surface area contributed by atoms with Gasteiger partial charge in [-0.1, -0.05) is 0 Å². The predicted octanol–water partition coefficient (Wildman–Crippen LogP) is 1.36. The number of hydrogen-bond donors (Lipinski definition) is 1. The van der Waals surface area contributed by atoms with Gasteiger partial charge in [0.15, 0.2) is 0 Å². The van der Waals surface area contributed by atoms with Crippen LogP contribution in [0.5, 0.6) is 0 Å². The van der Waals surface area contributed by atoms with Crippen LogP contribution in [-0.2, 0) is 11.2 Å². The number of rotatable bonds is 4. The van der Waals surface area contributed by atoms with Gasteiger partial charge in [0.2, 0.25) is 0 Å². The van der Waals surface area contributed by atoms with Crippen LogP contribution >= 0.6 is 15.9 Å². The Labute approximate surface area is 86.4 Å². The van der Waals surface area contributed by atoms with Crippen LogP contribution in [0.4, 0.5) is 0 Å². The maximum atomic E-state index is 5.78. The van der Waals surface area contributed by atoms with Gasteiger partial charge >= 0.3 is 0 Å². The molecule has 0 amide bonds. The second-order valence-corrected chi connectivity index (χ2v) is 3.80. The number of hydrogen-bond acceptors (Lipinski definition) is 3. The van der Waals surface area contributed by atoms with Crippen molar-refractivity contribution in [2.75, 3.05) is 13.7 Å². The summed E-state index contributed by atoms with van der Waals surface area (Å²) in [5, 5.41) is 0. The molecule has 0 saturated carbocycles. The van der Waals surface area contributed by atoms with Crippen LogP contribution in [-0.4, -0.2) is 24.7 Å². The van der Waals surface area contributed by atoms with Crippen molar-refractivity contribution >= 4 is 15.9 Å². The molecular formula is C9H13BrN2O. The minimum absolute atomic E-state index is 0.0266. The van der Waals surface area contributed by atoms with Gasteiger partial charge in [0, 0.05) is 35.9 Å². The largest absolute Gasteiger partial charge is 0.383 e. The molecule has 0 radical (unpaired) electrons. The first-order valence-electron chi connectivity index (χ1n) is 4.07. The number of methoxy groups -OCH3 is 1. The van der Waals surface area contributed by atoms with E-state index in [4.69, 9.17) is 10.5 Å². The van der Waals surface area contributed by atoms with Gasteiger partial charge in [0.25, 0.3) is 0 Å². The first-order valence-corrected chi connectivity index (χ1v) is 4.86. The zero-order valence-electron chi connectivity index (χ0n) is 7.53. The van der Waals surface area contributed by atoms with Crippen LogP contribution in [0.3, 0.4) is 0 Å². The molecule has 0 aromatic carbocycles. The van der Waals surface area contributed by atoms with E-state index in [1.165, 1.54) is 0 Å². The molecule has 0 aliphatic heterocycles. The Balaban J connectivity index is 2.49. The highest BCUT2D eigenvalue weighted by atomic mass is 79.9. The maximum absolute atomic E-state index is 5.78. The molecule has 1 atom stereocenters. The zero-order valence-corrected chi connectivity index (χ0v) is 9.12. The highest BCUT2D eigenvalue weighted by Gasteiger charge is 2.03. The van der Waals surface area contributed by atoms with Crippen molar-refractivity contribution in [2.45, 2.75) is 12.5 Å². The molecule has 2 N–H and O–H groups in total. The lowest BCUT2D eigenvalue weighted by Gasteiger charge is -2.09. The first kappa shape index (κ1) is 10.6. The summed E-state index contributed by atoms with van der Waals surface area (Å²) in [5.74, 6) is 0. The lowest BCUT2D eigenvalue weighted by Crippen LogP contribution is -2.28. The molecular weight excluding hydrogens is 232 g/mol. The highest BCUT2D eigenvalue weighted by molar-refractivity contribution is 9.10. The van der Waals surface area contributed by atoms with E-state index in [1.54, 1.807) is 13.3 Å².